The van der Waals surface area contributed by atoms with Crippen LogP contribution in [0.2, 0.25) is 0 Å². The number of hydrogen-bond donors (Lipinski definition) is 2. The Labute approximate surface area is 135 Å². The number of nitrogens with one attached hydrogen (secondary N) is 2. The molecular formula is C15H11F3N2O3S. The van der Waals surface area contributed by atoms with Crippen molar-refractivity contribution < 1.29 is 26.4 Å². The number of anilines is 2. The van der Waals surface area contributed by atoms with Crippen LogP contribution < -0.4 is 10.0 Å². The predicted molar refractivity (Wildman–Crippen MR) is 81.0 cm³/mol. The maximum absolute atomic E-state index is 12.5. The second kappa shape index (κ2) is 5.52. The molecule has 0 atom stereocenters. The molecule has 0 bridgehead atoms. The van der Waals surface area contributed by atoms with Crippen LogP contribution in [0.1, 0.15) is 11.1 Å². The van der Waals surface area contributed by atoms with Crippen LogP contribution in [0.4, 0.5) is 24.5 Å². The molecule has 2 aromatic carbocycles. The number of fused-ring (bicyclic) bond motifs is 1. The summed E-state index contributed by atoms with van der Waals surface area (Å²) in [5.74, 6) is -0.227. The molecule has 1 aliphatic rings. The summed E-state index contributed by atoms with van der Waals surface area (Å²) in [4.78, 5) is 11.2. The van der Waals surface area contributed by atoms with E-state index in [1.807, 2.05) is 0 Å². The zero-order valence-electron chi connectivity index (χ0n) is 12.0. The molecule has 0 radical (unpaired) electrons. The number of amides is 1. The average Bonchev–Trinajstić information content (AvgIpc) is 2.85. The maximum Gasteiger partial charge on any atom is 0.416 e. The summed E-state index contributed by atoms with van der Waals surface area (Å²) in [6.07, 6.45) is -4.41. The van der Waals surface area contributed by atoms with Crippen LogP contribution >= 0.6 is 0 Å². The van der Waals surface area contributed by atoms with E-state index in [1.165, 1.54) is 18.2 Å². The Morgan fingerprint density at radius 3 is 2.33 bits per heavy atom. The lowest BCUT2D eigenvalue weighted by atomic mass is 10.2. The third kappa shape index (κ3) is 3.21. The SMILES string of the molecule is O=C1Cc2cc(S(=O)(=O)Nc3ccc(C(F)(F)F)cc3)ccc2N1. The normalized spacial score (nSPS) is 14.2. The fourth-order valence-electron chi connectivity index (χ4n) is 2.31. The Bertz CT molecular complexity index is 907. The molecule has 1 heterocycles. The van der Waals surface area contributed by atoms with Crippen molar-refractivity contribution in [3.63, 3.8) is 0 Å². The van der Waals surface area contributed by atoms with E-state index in [-0.39, 0.29) is 22.9 Å². The van der Waals surface area contributed by atoms with Crippen LogP contribution in [0.25, 0.3) is 0 Å². The summed E-state index contributed by atoms with van der Waals surface area (Å²) in [7, 11) is -3.97. The molecule has 5 nitrogen and oxygen atoms in total. The largest absolute Gasteiger partial charge is 0.416 e. The van der Waals surface area contributed by atoms with Crippen LogP contribution in [0, 0.1) is 0 Å². The van der Waals surface area contributed by atoms with Gasteiger partial charge in [-0.2, -0.15) is 13.2 Å². The molecule has 1 amide bonds. The summed E-state index contributed by atoms with van der Waals surface area (Å²) < 4.78 is 64.4. The molecule has 0 unspecified atom stereocenters. The summed E-state index contributed by atoms with van der Waals surface area (Å²) >= 11 is 0. The van der Waals surface area contributed by atoms with Gasteiger partial charge in [0.25, 0.3) is 10.0 Å². The van der Waals surface area contributed by atoms with Gasteiger partial charge in [-0.1, -0.05) is 0 Å². The average molecular weight is 356 g/mol. The van der Waals surface area contributed by atoms with E-state index in [1.54, 1.807) is 0 Å². The van der Waals surface area contributed by atoms with Crippen molar-refractivity contribution in [2.45, 2.75) is 17.5 Å². The maximum atomic E-state index is 12.5. The number of halogens is 3. The molecule has 126 valence electrons. The van der Waals surface area contributed by atoms with Gasteiger partial charge in [0.15, 0.2) is 0 Å². The van der Waals surface area contributed by atoms with E-state index in [2.05, 4.69) is 10.0 Å². The van der Waals surface area contributed by atoms with Gasteiger partial charge >= 0.3 is 6.18 Å². The van der Waals surface area contributed by atoms with Gasteiger partial charge < -0.3 is 5.32 Å². The number of alkyl halides is 3. The number of carbonyl (C=O) groups is 1. The summed E-state index contributed by atoms with van der Waals surface area (Å²) in [6, 6.07) is 7.82. The molecule has 2 N–H and O–H groups in total. The fraction of sp³-hybridized carbons (Fsp3) is 0.133. The first-order chi connectivity index (χ1) is 11.1. The first-order valence-electron chi connectivity index (χ1n) is 6.78. The number of rotatable bonds is 3. The number of sulfonamides is 1. The van der Waals surface area contributed by atoms with Crippen molar-refractivity contribution in [1.29, 1.82) is 0 Å². The molecule has 0 spiro atoms. The van der Waals surface area contributed by atoms with E-state index >= 15 is 0 Å². The van der Waals surface area contributed by atoms with Crippen LogP contribution in [0.5, 0.6) is 0 Å². The second-order valence-electron chi connectivity index (χ2n) is 5.22. The minimum atomic E-state index is -4.49. The monoisotopic (exact) mass is 356 g/mol. The molecule has 0 fully saturated rings. The summed E-state index contributed by atoms with van der Waals surface area (Å²) in [5.41, 5.74) is 0.244. The van der Waals surface area contributed by atoms with E-state index in [0.717, 1.165) is 24.3 Å². The van der Waals surface area contributed by atoms with Gasteiger partial charge in [-0.05, 0) is 48.0 Å². The van der Waals surface area contributed by atoms with Crippen LogP contribution in [-0.2, 0) is 27.4 Å². The van der Waals surface area contributed by atoms with E-state index in [4.69, 9.17) is 0 Å². The summed E-state index contributed by atoms with van der Waals surface area (Å²) in [5, 5.41) is 2.59. The molecule has 0 saturated carbocycles. The topological polar surface area (TPSA) is 75.3 Å². The van der Waals surface area contributed by atoms with Crippen molar-refractivity contribution in [2.24, 2.45) is 0 Å². The fourth-order valence-corrected chi connectivity index (χ4v) is 3.42. The van der Waals surface area contributed by atoms with Crippen molar-refractivity contribution in [3.8, 4) is 0 Å². The molecule has 0 aromatic heterocycles. The zero-order chi connectivity index (χ0) is 17.5. The van der Waals surface area contributed by atoms with Crippen LogP contribution in [-0.4, -0.2) is 14.3 Å². The molecular weight excluding hydrogens is 345 g/mol. The smallest absolute Gasteiger partial charge is 0.326 e. The van der Waals surface area contributed by atoms with Crippen molar-refractivity contribution in [1.82, 2.24) is 0 Å². The lowest BCUT2D eigenvalue weighted by Crippen LogP contribution is -2.13. The molecule has 0 saturated heterocycles. The number of carbonyl (C=O) groups excluding carboxylic acids is 1. The summed E-state index contributed by atoms with van der Waals surface area (Å²) in [6.45, 7) is 0. The van der Waals surface area contributed by atoms with Gasteiger partial charge in [0.05, 0.1) is 16.9 Å². The Morgan fingerprint density at radius 1 is 1.04 bits per heavy atom. The van der Waals surface area contributed by atoms with E-state index < -0.39 is 21.8 Å². The van der Waals surface area contributed by atoms with Gasteiger partial charge in [-0.15, -0.1) is 0 Å². The Balaban J connectivity index is 1.84. The van der Waals surface area contributed by atoms with Gasteiger partial charge in [-0.3, -0.25) is 9.52 Å². The third-order valence-electron chi connectivity index (χ3n) is 3.48. The lowest BCUT2D eigenvalue weighted by molar-refractivity contribution is -0.137. The van der Waals surface area contributed by atoms with Crippen molar-refractivity contribution in [3.05, 3.63) is 53.6 Å². The Hall–Kier alpha value is -2.55. The molecule has 1 aliphatic heterocycles. The molecule has 3 rings (SSSR count). The minimum absolute atomic E-state index is 0.0118. The zero-order valence-corrected chi connectivity index (χ0v) is 12.8. The van der Waals surface area contributed by atoms with Gasteiger partial charge in [0.1, 0.15) is 0 Å². The standard InChI is InChI=1S/C15H11F3N2O3S/c16-15(17,18)10-1-3-11(4-2-10)20-24(22,23)12-5-6-13-9(7-12)8-14(21)19-13/h1-7,20H,8H2,(H,19,21). The molecule has 0 aliphatic carbocycles. The predicted octanol–water partition coefficient (Wildman–Crippen LogP) is 3.00. The lowest BCUT2D eigenvalue weighted by Gasteiger charge is -2.11. The highest BCUT2D eigenvalue weighted by Gasteiger charge is 2.30. The quantitative estimate of drug-likeness (QED) is 0.888. The first kappa shape index (κ1) is 16.3. The van der Waals surface area contributed by atoms with E-state index in [0.29, 0.717) is 11.3 Å². The number of hydrogen-bond acceptors (Lipinski definition) is 3. The Morgan fingerprint density at radius 2 is 1.71 bits per heavy atom. The molecule has 9 heteroatoms. The molecule has 2 aromatic rings. The highest BCUT2D eigenvalue weighted by Crippen LogP contribution is 2.31. The third-order valence-corrected chi connectivity index (χ3v) is 4.86. The highest BCUT2D eigenvalue weighted by molar-refractivity contribution is 7.92. The second-order valence-corrected chi connectivity index (χ2v) is 6.91. The van der Waals surface area contributed by atoms with Crippen LogP contribution in [0.3, 0.4) is 0 Å². The minimum Gasteiger partial charge on any atom is -0.326 e. The van der Waals surface area contributed by atoms with Crippen molar-refractivity contribution >= 4 is 27.3 Å². The van der Waals surface area contributed by atoms with Gasteiger partial charge in [0.2, 0.25) is 5.91 Å². The number of benzene rings is 2. The van der Waals surface area contributed by atoms with Crippen LogP contribution in [0.15, 0.2) is 47.4 Å². The Kier molecular flexibility index (Phi) is 3.75. The van der Waals surface area contributed by atoms with Gasteiger partial charge in [0, 0.05) is 11.4 Å². The van der Waals surface area contributed by atoms with Crippen molar-refractivity contribution in [2.75, 3.05) is 10.0 Å². The van der Waals surface area contributed by atoms with E-state index in [9.17, 15) is 26.4 Å². The van der Waals surface area contributed by atoms with Gasteiger partial charge in [-0.25, -0.2) is 8.42 Å². The molecule has 24 heavy (non-hydrogen) atoms. The first-order valence-corrected chi connectivity index (χ1v) is 8.26. The highest BCUT2D eigenvalue weighted by atomic mass is 32.2.